The SMILES string of the molecule is COC(=O)COc1ccc2c(=O)c(Oc3cc(C)c(Cl)c(C)c3)c(C(F)(F)F)oc2c1. The monoisotopic (exact) mass is 456 g/mol. The van der Waals surface area contributed by atoms with Crippen LogP contribution in [0.2, 0.25) is 5.02 Å². The zero-order valence-electron chi connectivity index (χ0n) is 16.6. The molecule has 6 nitrogen and oxygen atoms in total. The van der Waals surface area contributed by atoms with Crippen molar-refractivity contribution < 1.29 is 36.6 Å². The lowest BCUT2D eigenvalue weighted by Gasteiger charge is -2.15. The van der Waals surface area contributed by atoms with Crippen molar-refractivity contribution >= 4 is 28.5 Å². The van der Waals surface area contributed by atoms with Crippen LogP contribution in [-0.4, -0.2) is 19.7 Å². The summed E-state index contributed by atoms with van der Waals surface area (Å²) in [5.74, 6) is -3.25. The average molecular weight is 457 g/mol. The Morgan fingerprint density at radius 2 is 1.74 bits per heavy atom. The van der Waals surface area contributed by atoms with Crippen molar-refractivity contribution in [2.24, 2.45) is 0 Å². The Bertz CT molecular complexity index is 1190. The summed E-state index contributed by atoms with van der Waals surface area (Å²) in [5, 5.41) is 0.282. The van der Waals surface area contributed by atoms with Gasteiger partial charge in [-0.15, -0.1) is 0 Å². The molecular weight excluding hydrogens is 441 g/mol. The Hall–Kier alpha value is -3.20. The molecule has 3 aromatic rings. The van der Waals surface area contributed by atoms with Gasteiger partial charge in [0, 0.05) is 11.1 Å². The van der Waals surface area contributed by atoms with Crippen LogP contribution in [0.3, 0.4) is 0 Å². The largest absolute Gasteiger partial charge is 0.482 e. The molecule has 164 valence electrons. The fraction of sp³-hybridized carbons (Fsp3) is 0.238. The fourth-order valence-corrected chi connectivity index (χ4v) is 2.92. The van der Waals surface area contributed by atoms with Crippen LogP contribution in [0.4, 0.5) is 13.2 Å². The van der Waals surface area contributed by atoms with Gasteiger partial charge < -0.3 is 18.6 Å². The first kappa shape index (κ1) is 22.5. The van der Waals surface area contributed by atoms with Crippen LogP contribution in [0.5, 0.6) is 17.2 Å². The molecule has 0 saturated carbocycles. The molecule has 0 fully saturated rings. The van der Waals surface area contributed by atoms with Gasteiger partial charge in [0.2, 0.25) is 11.2 Å². The number of carbonyl (C=O) groups is 1. The normalized spacial score (nSPS) is 11.5. The number of hydrogen-bond acceptors (Lipinski definition) is 6. The summed E-state index contributed by atoms with van der Waals surface area (Å²) >= 11 is 6.08. The van der Waals surface area contributed by atoms with Gasteiger partial charge in [-0.2, -0.15) is 13.2 Å². The van der Waals surface area contributed by atoms with Gasteiger partial charge in [-0.1, -0.05) is 11.6 Å². The van der Waals surface area contributed by atoms with Gasteiger partial charge in [0.1, 0.15) is 17.1 Å². The van der Waals surface area contributed by atoms with Crippen LogP contribution >= 0.6 is 11.6 Å². The Balaban J connectivity index is 2.11. The van der Waals surface area contributed by atoms with E-state index in [1.165, 1.54) is 24.3 Å². The zero-order chi connectivity index (χ0) is 22.9. The van der Waals surface area contributed by atoms with Crippen LogP contribution in [0.1, 0.15) is 16.9 Å². The molecule has 2 aromatic carbocycles. The van der Waals surface area contributed by atoms with Crippen molar-refractivity contribution in [1.29, 1.82) is 0 Å². The Morgan fingerprint density at radius 3 is 2.32 bits per heavy atom. The summed E-state index contributed by atoms with van der Waals surface area (Å²) in [6.07, 6.45) is -5.01. The highest BCUT2D eigenvalue weighted by atomic mass is 35.5. The molecule has 0 N–H and O–H groups in total. The Labute approximate surface area is 179 Å². The minimum Gasteiger partial charge on any atom is -0.482 e. The molecule has 0 spiro atoms. The maximum absolute atomic E-state index is 13.7. The van der Waals surface area contributed by atoms with Crippen molar-refractivity contribution in [1.82, 2.24) is 0 Å². The summed E-state index contributed by atoms with van der Waals surface area (Å²) < 4.78 is 60.9. The zero-order valence-corrected chi connectivity index (χ0v) is 17.3. The van der Waals surface area contributed by atoms with E-state index in [1.54, 1.807) is 13.8 Å². The van der Waals surface area contributed by atoms with Gasteiger partial charge in [0.05, 0.1) is 12.5 Å². The van der Waals surface area contributed by atoms with Gasteiger partial charge in [-0.05, 0) is 49.2 Å². The summed E-state index contributed by atoms with van der Waals surface area (Å²) in [5.41, 5.74) is -0.251. The molecule has 3 rings (SSSR count). The molecule has 0 aliphatic carbocycles. The fourth-order valence-electron chi connectivity index (χ4n) is 2.81. The third kappa shape index (κ3) is 4.77. The number of aryl methyl sites for hydroxylation is 2. The predicted molar refractivity (Wildman–Crippen MR) is 106 cm³/mol. The first-order chi connectivity index (χ1) is 14.5. The number of alkyl halides is 3. The summed E-state index contributed by atoms with van der Waals surface area (Å²) in [7, 11) is 1.16. The first-order valence-electron chi connectivity index (χ1n) is 8.83. The average Bonchev–Trinajstić information content (AvgIpc) is 2.71. The van der Waals surface area contributed by atoms with E-state index in [1.807, 2.05) is 0 Å². The van der Waals surface area contributed by atoms with Crippen LogP contribution in [0.25, 0.3) is 11.0 Å². The molecule has 0 saturated heterocycles. The Morgan fingerprint density at radius 1 is 1.10 bits per heavy atom. The number of benzene rings is 2. The molecule has 0 unspecified atom stereocenters. The molecule has 0 aliphatic heterocycles. The van der Waals surface area contributed by atoms with E-state index >= 15 is 0 Å². The minimum atomic E-state index is -5.01. The summed E-state index contributed by atoms with van der Waals surface area (Å²) in [4.78, 5) is 24.0. The van der Waals surface area contributed by atoms with Crippen LogP contribution in [-0.2, 0) is 15.7 Å². The van der Waals surface area contributed by atoms with Crippen LogP contribution in [0.15, 0.2) is 39.5 Å². The van der Waals surface area contributed by atoms with Crippen molar-refractivity contribution in [2.75, 3.05) is 13.7 Å². The number of halogens is 4. The quantitative estimate of drug-likeness (QED) is 0.477. The van der Waals surface area contributed by atoms with E-state index in [4.69, 9.17) is 25.5 Å². The molecule has 0 bridgehead atoms. The second-order valence-electron chi connectivity index (χ2n) is 6.58. The van der Waals surface area contributed by atoms with Gasteiger partial charge in [0.15, 0.2) is 6.61 Å². The highest BCUT2D eigenvalue weighted by Gasteiger charge is 2.40. The third-order valence-corrected chi connectivity index (χ3v) is 4.89. The standard InChI is InChI=1S/C21H16ClF3O6/c1-10-6-13(7-11(2)17(10)22)30-19-18(27)14-5-4-12(29-9-16(26)28-3)8-15(14)31-20(19)21(23,24)25/h4-8H,9H2,1-3H3. The molecule has 0 aliphatic rings. The predicted octanol–water partition coefficient (Wildman–Crippen LogP) is 5.43. The second kappa shape index (κ2) is 8.50. The minimum absolute atomic E-state index is 0.00887. The lowest BCUT2D eigenvalue weighted by atomic mass is 10.1. The third-order valence-electron chi connectivity index (χ3n) is 4.29. The number of fused-ring (bicyclic) bond motifs is 1. The second-order valence-corrected chi connectivity index (χ2v) is 6.96. The van der Waals surface area contributed by atoms with Crippen molar-refractivity contribution in [2.45, 2.75) is 20.0 Å². The number of esters is 1. The molecule has 1 aromatic heterocycles. The number of hydrogen-bond donors (Lipinski definition) is 0. The van der Waals surface area contributed by atoms with E-state index in [-0.39, 0.29) is 22.5 Å². The maximum atomic E-state index is 13.7. The topological polar surface area (TPSA) is 75.0 Å². The highest BCUT2D eigenvalue weighted by Crippen LogP contribution is 2.39. The molecule has 10 heteroatoms. The maximum Gasteiger partial charge on any atom is 0.453 e. The smallest absolute Gasteiger partial charge is 0.453 e. The van der Waals surface area contributed by atoms with E-state index in [9.17, 15) is 22.8 Å². The van der Waals surface area contributed by atoms with E-state index in [0.29, 0.717) is 16.1 Å². The van der Waals surface area contributed by atoms with Gasteiger partial charge >= 0.3 is 12.1 Å². The van der Waals surface area contributed by atoms with E-state index < -0.39 is 35.7 Å². The van der Waals surface area contributed by atoms with Crippen LogP contribution < -0.4 is 14.9 Å². The first-order valence-corrected chi connectivity index (χ1v) is 9.21. The van der Waals surface area contributed by atoms with Gasteiger partial charge in [-0.25, -0.2) is 4.79 Å². The summed E-state index contributed by atoms with van der Waals surface area (Å²) in [6, 6.07) is 6.45. The molecule has 1 heterocycles. The van der Waals surface area contributed by atoms with E-state index in [0.717, 1.165) is 13.2 Å². The number of rotatable bonds is 5. The number of ether oxygens (including phenoxy) is 3. The number of carbonyl (C=O) groups excluding carboxylic acids is 1. The van der Waals surface area contributed by atoms with Crippen molar-refractivity contribution in [3.8, 4) is 17.2 Å². The molecule has 0 atom stereocenters. The van der Waals surface area contributed by atoms with Crippen molar-refractivity contribution in [3.63, 3.8) is 0 Å². The molecular formula is C21H16ClF3O6. The van der Waals surface area contributed by atoms with Gasteiger partial charge in [0.25, 0.3) is 5.76 Å². The van der Waals surface area contributed by atoms with Crippen LogP contribution in [0, 0.1) is 13.8 Å². The molecule has 0 radical (unpaired) electrons. The molecule has 31 heavy (non-hydrogen) atoms. The molecule has 0 amide bonds. The van der Waals surface area contributed by atoms with Crippen molar-refractivity contribution in [3.05, 3.63) is 62.5 Å². The number of methoxy groups -OCH3 is 1. The lowest BCUT2D eigenvalue weighted by Crippen LogP contribution is -2.16. The lowest BCUT2D eigenvalue weighted by molar-refractivity contribution is -0.154. The summed E-state index contributed by atoms with van der Waals surface area (Å²) in [6.45, 7) is 2.85. The van der Waals surface area contributed by atoms with Gasteiger partial charge in [-0.3, -0.25) is 4.79 Å². The van der Waals surface area contributed by atoms with E-state index in [2.05, 4.69) is 4.74 Å². The Kier molecular flexibility index (Phi) is 6.17. The highest BCUT2D eigenvalue weighted by molar-refractivity contribution is 6.32.